The second-order valence-electron chi connectivity index (χ2n) is 6.02. The first-order valence-corrected chi connectivity index (χ1v) is 9.19. The number of ether oxygens (including phenoxy) is 1. The lowest BCUT2D eigenvalue weighted by Gasteiger charge is -2.20. The topological polar surface area (TPSA) is 47.4 Å². The Morgan fingerprint density at radius 2 is 2.12 bits per heavy atom. The predicted octanol–water partition coefficient (Wildman–Crippen LogP) is 3.06. The second kappa shape index (κ2) is 7.30. The zero-order valence-electron chi connectivity index (χ0n) is 14.4. The number of carbonyl (C=O) groups excluding carboxylic acids is 1. The highest BCUT2D eigenvalue weighted by Gasteiger charge is 2.26. The highest BCUT2D eigenvalue weighted by molar-refractivity contribution is 7.99. The first-order chi connectivity index (χ1) is 11.6. The van der Waals surface area contributed by atoms with Crippen LogP contribution in [0.5, 0.6) is 5.88 Å². The van der Waals surface area contributed by atoms with Crippen molar-refractivity contribution in [2.45, 2.75) is 18.6 Å². The lowest BCUT2D eigenvalue weighted by molar-refractivity contribution is 0.0763. The van der Waals surface area contributed by atoms with Crippen molar-refractivity contribution in [3.63, 3.8) is 0 Å². The Kier molecular flexibility index (Phi) is 5.14. The van der Waals surface area contributed by atoms with Gasteiger partial charge in [-0.05, 0) is 24.5 Å². The van der Waals surface area contributed by atoms with E-state index in [4.69, 9.17) is 4.74 Å². The molecule has 1 aliphatic rings. The summed E-state index contributed by atoms with van der Waals surface area (Å²) in [4.78, 5) is 14.8. The molecule has 1 saturated heterocycles. The molecular formula is C18H23N3O2S. The fourth-order valence-corrected chi connectivity index (χ4v) is 4.43. The van der Waals surface area contributed by atoms with Crippen molar-refractivity contribution < 1.29 is 9.53 Å². The molecule has 0 unspecified atom stereocenters. The molecule has 3 rings (SSSR count). The van der Waals surface area contributed by atoms with Crippen LogP contribution in [0.1, 0.15) is 33.2 Å². The molecule has 0 saturated carbocycles. The molecule has 2 aromatic rings. The number of amides is 1. The van der Waals surface area contributed by atoms with E-state index in [-0.39, 0.29) is 5.91 Å². The Bertz CT molecular complexity index is 729. The van der Waals surface area contributed by atoms with Crippen LogP contribution < -0.4 is 4.74 Å². The Balaban J connectivity index is 1.73. The molecule has 24 heavy (non-hydrogen) atoms. The van der Waals surface area contributed by atoms with Crippen LogP contribution in [0.4, 0.5) is 0 Å². The summed E-state index contributed by atoms with van der Waals surface area (Å²) in [5.74, 6) is 1.34. The van der Waals surface area contributed by atoms with E-state index < -0.39 is 0 Å². The molecule has 0 radical (unpaired) electrons. The fourth-order valence-electron chi connectivity index (χ4n) is 3.11. The summed E-state index contributed by atoms with van der Waals surface area (Å²) in [5.41, 5.74) is 3.25. The van der Waals surface area contributed by atoms with Gasteiger partial charge in [-0.1, -0.05) is 24.3 Å². The summed E-state index contributed by atoms with van der Waals surface area (Å²) in [6.45, 7) is 3.66. The van der Waals surface area contributed by atoms with Gasteiger partial charge in [0.05, 0.1) is 7.11 Å². The van der Waals surface area contributed by atoms with Gasteiger partial charge in [-0.15, -0.1) is 5.10 Å². The third-order valence-corrected chi connectivity index (χ3v) is 5.69. The maximum atomic E-state index is 12.8. The van der Waals surface area contributed by atoms with Gasteiger partial charge in [0.25, 0.3) is 5.91 Å². The van der Waals surface area contributed by atoms with Crippen LogP contribution in [-0.2, 0) is 7.05 Å². The number of rotatable bonds is 3. The van der Waals surface area contributed by atoms with E-state index in [9.17, 15) is 4.79 Å². The molecule has 1 atom stereocenters. The minimum absolute atomic E-state index is 0.00554. The number of hydrogen-bond donors (Lipinski definition) is 0. The summed E-state index contributed by atoms with van der Waals surface area (Å²) >= 11 is 1.94. The van der Waals surface area contributed by atoms with Crippen LogP contribution in [0.3, 0.4) is 0 Å². The minimum atomic E-state index is 0.00554. The Hall–Kier alpha value is -1.95. The maximum Gasteiger partial charge on any atom is 0.261 e. The molecule has 128 valence electrons. The first kappa shape index (κ1) is 16.9. The van der Waals surface area contributed by atoms with E-state index in [1.165, 1.54) is 11.1 Å². The van der Waals surface area contributed by atoms with E-state index in [0.717, 1.165) is 25.3 Å². The van der Waals surface area contributed by atoms with Crippen LogP contribution in [0, 0.1) is 6.92 Å². The van der Waals surface area contributed by atoms with Crippen molar-refractivity contribution in [3.8, 4) is 5.88 Å². The van der Waals surface area contributed by atoms with Gasteiger partial charge < -0.3 is 9.64 Å². The van der Waals surface area contributed by atoms with Gasteiger partial charge in [0.15, 0.2) is 0 Å². The predicted molar refractivity (Wildman–Crippen MR) is 96.7 cm³/mol. The number of benzene rings is 1. The molecule has 0 aliphatic carbocycles. The lowest BCUT2D eigenvalue weighted by atomic mass is 10.0. The molecule has 1 amide bonds. The Morgan fingerprint density at radius 1 is 1.33 bits per heavy atom. The summed E-state index contributed by atoms with van der Waals surface area (Å²) in [5, 5.41) is 4.63. The highest BCUT2D eigenvalue weighted by Crippen LogP contribution is 2.36. The number of methoxy groups -OCH3 is 1. The lowest BCUT2D eigenvalue weighted by Crippen LogP contribution is -2.33. The first-order valence-electron chi connectivity index (χ1n) is 8.14. The van der Waals surface area contributed by atoms with Gasteiger partial charge in [-0.2, -0.15) is 11.8 Å². The van der Waals surface area contributed by atoms with E-state index in [1.54, 1.807) is 25.0 Å². The molecule has 1 fully saturated rings. The van der Waals surface area contributed by atoms with Crippen molar-refractivity contribution in [2.24, 2.45) is 7.05 Å². The third-order valence-electron chi connectivity index (χ3n) is 4.38. The minimum Gasteiger partial charge on any atom is -0.479 e. The van der Waals surface area contributed by atoms with Crippen LogP contribution in [0.25, 0.3) is 0 Å². The Morgan fingerprint density at radius 3 is 2.88 bits per heavy atom. The molecule has 1 aromatic carbocycles. The van der Waals surface area contributed by atoms with E-state index in [2.05, 4.69) is 36.3 Å². The average molecular weight is 345 g/mol. The quantitative estimate of drug-likeness (QED) is 0.858. The summed E-state index contributed by atoms with van der Waals surface area (Å²) in [6.07, 6.45) is 2.70. The molecule has 2 heterocycles. The van der Waals surface area contributed by atoms with Gasteiger partial charge in [0.2, 0.25) is 5.88 Å². The SMILES string of the molecule is COc1nn(C)cc1C(=O)N1CCS[C@H](c2ccccc2C)CC1. The molecule has 0 bridgehead atoms. The largest absolute Gasteiger partial charge is 0.479 e. The van der Waals surface area contributed by atoms with Crippen LogP contribution in [0.15, 0.2) is 30.5 Å². The maximum absolute atomic E-state index is 12.8. The smallest absolute Gasteiger partial charge is 0.261 e. The van der Waals surface area contributed by atoms with Gasteiger partial charge >= 0.3 is 0 Å². The monoisotopic (exact) mass is 345 g/mol. The highest BCUT2D eigenvalue weighted by atomic mass is 32.2. The molecule has 5 nitrogen and oxygen atoms in total. The van der Waals surface area contributed by atoms with Crippen molar-refractivity contribution in [1.82, 2.24) is 14.7 Å². The molecule has 0 spiro atoms. The number of aryl methyl sites for hydroxylation is 2. The van der Waals surface area contributed by atoms with Crippen LogP contribution in [-0.4, -0.2) is 46.5 Å². The number of hydrogen-bond acceptors (Lipinski definition) is 4. The molecule has 1 aliphatic heterocycles. The number of aromatic nitrogens is 2. The van der Waals surface area contributed by atoms with Crippen molar-refractivity contribution in [2.75, 3.05) is 26.0 Å². The number of thioether (sulfide) groups is 1. The van der Waals surface area contributed by atoms with E-state index in [0.29, 0.717) is 16.7 Å². The van der Waals surface area contributed by atoms with Crippen LogP contribution in [0.2, 0.25) is 0 Å². The van der Waals surface area contributed by atoms with E-state index in [1.807, 2.05) is 16.7 Å². The zero-order chi connectivity index (χ0) is 17.1. The van der Waals surface area contributed by atoms with Gasteiger partial charge in [0.1, 0.15) is 5.56 Å². The third kappa shape index (κ3) is 3.43. The zero-order valence-corrected chi connectivity index (χ0v) is 15.2. The number of nitrogens with zero attached hydrogens (tertiary/aromatic N) is 3. The van der Waals surface area contributed by atoms with E-state index >= 15 is 0 Å². The molecular weight excluding hydrogens is 322 g/mol. The Labute approximate surface area is 147 Å². The summed E-state index contributed by atoms with van der Waals surface area (Å²) in [7, 11) is 3.34. The van der Waals surface area contributed by atoms with Crippen molar-refractivity contribution >= 4 is 17.7 Å². The standard InChI is InChI=1S/C18H23N3O2S/c1-13-6-4-5-7-14(13)16-8-9-21(10-11-24-16)18(22)15-12-20(2)19-17(15)23-3/h4-7,12,16H,8-11H2,1-3H3/t16-/m0/s1. The summed E-state index contributed by atoms with van der Waals surface area (Å²) < 4.78 is 6.85. The van der Waals surface area contributed by atoms with Crippen molar-refractivity contribution in [1.29, 1.82) is 0 Å². The van der Waals surface area contributed by atoms with Gasteiger partial charge in [-0.25, -0.2) is 0 Å². The average Bonchev–Trinajstić information content (AvgIpc) is 2.80. The van der Waals surface area contributed by atoms with Crippen molar-refractivity contribution in [3.05, 3.63) is 47.2 Å². The summed E-state index contributed by atoms with van der Waals surface area (Å²) in [6, 6.07) is 8.53. The fraction of sp³-hybridized carbons (Fsp3) is 0.444. The van der Waals surface area contributed by atoms with Gasteiger partial charge in [0, 0.05) is 37.3 Å². The normalized spacial score (nSPS) is 18.3. The molecule has 1 aromatic heterocycles. The molecule has 0 N–H and O–H groups in total. The number of carbonyl (C=O) groups is 1. The molecule has 6 heteroatoms. The van der Waals surface area contributed by atoms with Crippen LogP contribution >= 0.6 is 11.8 Å². The van der Waals surface area contributed by atoms with Gasteiger partial charge in [-0.3, -0.25) is 9.48 Å². The second-order valence-corrected chi connectivity index (χ2v) is 7.33.